The first kappa shape index (κ1) is 8.77. The Kier molecular flexibility index (Phi) is 3.11. The standard InChI is InChI=1S/C8H7FIO/c1-11-7-2-3-8(9)6(4-7)5-10/h3-4H,5H2,1H3. The molecule has 0 aliphatic heterocycles. The topological polar surface area (TPSA) is 9.23 Å². The predicted octanol–water partition coefficient (Wildman–Crippen LogP) is 2.57. The van der Waals surface area contributed by atoms with E-state index < -0.39 is 0 Å². The van der Waals surface area contributed by atoms with Crippen molar-refractivity contribution in [2.24, 2.45) is 0 Å². The summed E-state index contributed by atoms with van der Waals surface area (Å²) in [5.41, 5.74) is 0.654. The molecule has 0 saturated heterocycles. The Morgan fingerprint density at radius 2 is 2.45 bits per heavy atom. The monoisotopic (exact) mass is 265 g/mol. The first-order valence-corrected chi connectivity index (χ1v) is 4.60. The molecule has 0 saturated carbocycles. The minimum atomic E-state index is -0.222. The maximum atomic E-state index is 12.8. The Morgan fingerprint density at radius 3 is 3.00 bits per heavy atom. The minimum Gasteiger partial charge on any atom is -0.496 e. The highest BCUT2D eigenvalue weighted by atomic mass is 127. The van der Waals surface area contributed by atoms with Crippen molar-refractivity contribution < 1.29 is 9.13 Å². The van der Waals surface area contributed by atoms with E-state index >= 15 is 0 Å². The van der Waals surface area contributed by atoms with E-state index in [1.807, 2.05) is 0 Å². The molecule has 0 fully saturated rings. The third-order valence-electron chi connectivity index (χ3n) is 1.32. The lowest BCUT2D eigenvalue weighted by Crippen LogP contribution is -1.88. The number of alkyl halides is 1. The van der Waals surface area contributed by atoms with Gasteiger partial charge in [-0.15, -0.1) is 0 Å². The summed E-state index contributed by atoms with van der Waals surface area (Å²) in [4.78, 5) is 0. The summed E-state index contributed by atoms with van der Waals surface area (Å²) in [5, 5.41) is 0. The molecule has 0 spiro atoms. The minimum absolute atomic E-state index is 0.222. The zero-order valence-corrected chi connectivity index (χ0v) is 8.18. The van der Waals surface area contributed by atoms with Gasteiger partial charge in [0.05, 0.1) is 7.11 Å². The van der Waals surface area contributed by atoms with Gasteiger partial charge in [0.25, 0.3) is 0 Å². The van der Waals surface area contributed by atoms with Crippen LogP contribution < -0.4 is 4.74 Å². The fraction of sp³-hybridized carbons (Fsp3) is 0.250. The smallest absolute Gasteiger partial charge is 0.128 e. The van der Waals surface area contributed by atoms with Crippen LogP contribution in [0.3, 0.4) is 0 Å². The van der Waals surface area contributed by atoms with Crippen LogP contribution in [0.5, 0.6) is 5.75 Å². The van der Waals surface area contributed by atoms with E-state index in [9.17, 15) is 4.39 Å². The van der Waals surface area contributed by atoms with Gasteiger partial charge in [-0.25, -0.2) is 4.39 Å². The van der Waals surface area contributed by atoms with Crippen LogP contribution >= 0.6 is 22.6 Å². The summed E-state index contributed by atoms with van der Waals surface area (Å²) >= 11 is 2.10. The molecular formula is C8H7FIO. The summed E-state index contributed by atoms with van der Waals surface area (Å²) in [6.07, 6.45) is 0. The van der Waals surface area contributed by atoms with E-state index in [1.165, 1.54) is 6.07 Å². The number of hydrogen-bond donors (Lipinski definition) is 0. The molecule has 1 nitrogen and oxygen atoms in total. The normalized spacial score (nSPS) is 9.73. The van der Waals surface area contributed by atoms with Crippen molar-refractivity contribution in [3.63, 3.8) is 0 Å². The second kappa shape index (κ2) is 3.90. The Labute approximate surface area is 78.7 Å². The van der Waals surface area contributed by atoms with Gasteiger partial charge in [-0.2, -0.15) is 0 Å². The Morgan fingerprint density at radius 1 is 1.73 bits per heavy atom. The molecule has 59 valence electrons. The first-order valence-electron chi connectivity index (χ1n) is 3.08. The SMILES string of the molecule is COc1[c]cc(F)c(CI)c1. The molecule has 3 heteroatoms. The average Bonchev–Trinajstić information content (AvgIpc) is 2.05. The lowest BCUT2D eigenvalue weighted by molar-refractivity contribution is 0.412. The van der Waals surface area contributed by atoms with Crippen LogP contribution in [-0.4, -0.2) is 7.11 Å². The number of methoxy groups -OCH3 is 1. The Balaban J connectivity index is 3.02. The second-order valence-corrected chi connectivity index (χ2v) is 2.77. The van der Waals surface area contributed by atoms with Gasteiger partial charge < -0.3 is 4.74 Å². The quantitative estimate of drug-likeness (QED) is 0.590. The third kappa shape index (κ3) is 2.05. The van der Waals surface area contributed by atoms with Crippen molar-refractivity contribution in [2.75, 3.05) is 7.11 Å². The van der Waals surface area contributed by atoms with E-state index in [4.69, 9.17) is 4.74 Å². The summed E-state index contributed by atoms with van der Waals surface area (Å²) in [5.74, 6) is 0.360. The number of ether oxygens (including phenoxy) is 1. The molecule has 0 aliphatic rings. The van der Waals surface area contributed by atoms with Gasteiger partial charge in [0, 0.05) is 16.1 Å². The number of rotatable bonds is 2. The van der Waals surface area contributed by atoms with Crippen molar-refractivity contribution in [3.8, 4) is 5.75 Å². The van der Waals surface area contributed by atoms with Crippen molar-refractivity contribution in [1.29, 1.82) is 0 Å². The van der Waals surface area contributed by atoms with Crippen LogP contribution in [0.15, 0.2) is 12.1 Å². The van der Waals surface area contributed by atoms with E-state index in [1.54, 1.807) is 13.2 Å². The highest BCUT2D eigenvalue weighted by molar-refractivity contribution is 14.1. The van der Waals surface area contributed by atoms with Crippen molar-refractivity contribution in [2.45, 2.75) is 4.43 Å². The van der Waals surface area contributed by atoms with Crippen molar-refractivity contribution in [1.82, 2.24) is 0 Å². The molecule has 0 N–H and O–H groups in total. The Bertz CT molecular complexity index is 250. The van der Waals surface area contributed by atoms with Gasteiger partial charge in [0.2, 0.25) is 0 Å². The second-order valence-electron chi connectivity index (χ2n) is 2.01. The largest absolute Gasteiger partial charge is 0.496 e. The maximum Gasteiger partial charge on any atom is 0.128 e. The summed E-state index contributed by atoms with van der Waals surface area (Å²) < 4.78 is 18.3. The van der Waals surface area contributed by atoms with Gasteiger partial charge in [0.1, 0.15) is 11.6 Å². The molecular weight excluding hydrogens is 258 g/mol. The summed E-state index contributed by atoms with van der Waals surface area (Å²) in [6, 6.07) is 5.61. The molecule has 0 heterocycles. The first-order chi connectivity index (χ1) is 5.27. The molecule has 0 unspecified atom stereocenters. The zero-order chi connectivity index (χ0) is 8.27. The molecule has 11 heavy (non-hydrogen) atoms. The lowest BCUT2D eigenvalue weighted by Gasteiger charge is -2.01. The van der Waals surface area contributed by atoms with Crippen LogP contribution in [0.4, 0.5) is 4.39 Å². The Hall–Kier alpha value is -0.320. The molecule has 0 aliphatic carbocycles. The van der Waals surface area contributed by atoms with Crippen molar-refractivity contribution in [3.05, 3.63) is 29.6 Å². The number of halogens is 2. The average molecular weight is 265 g/mol. The van der Waals surface area contributed by atoms with E-state index in [-0.39, 0.29) is 5.82 Å². The highest BCUT2D eigenvalue weighted by Crippen LogP contribution is 2.17. The summed E-state index contributed by atoms with van der Waals surface area (Å²) in [6.45, 7) is 0. The fourth-order valence-electron chi connectivity index (χ4n) is 0.716. The summed E-state index contributed by atoms with van der Waals surface area (Å²) in [7, 11) is 1.54. The lowest BCUT2D eigenvalue weighted by atomic mass is 10.2. The zero-order valence-electron chi connectivity index (χ0n) is 6.03. The molecule has 1 radical (unpaired) electrons. The number of hydrogen-bond acceptors (Lipinski definition) is 1. The van der Waals surface area contributed by atoms with Gasteiger partial charge >= 0.3 is 0 Å². The third-order valence-corrected chi connectivity index (χ3v) is 2.14. The van der Waals surface area contributed by atoms with Crippen LogP contribution in [0.1, 0.15) is 5.56 Å². The van der Waals surface area contributed by atoms with Crippen LogP contribution in [-0.2, 0) is 4.43 Å². The fourth-order valence-corrected chi connectivity index (χ4v) is 1.30. The number of benzene rings is 1. The predicted molar refractivity (Wildman–Crippen MR) is 49.5 cm³/mol. The van der Waals surface area contributed by atoms with Crippen LogP contribution in [0.25, 0.3) is 0 Å². The van der Waals surface area contributed by atoms with Gasteiger partial charge in [-0.05, 0) is 12.1 Å². The van der Waals surface area contributed by atoms with Gasteiger partial charge in [0.15, 0.2) is 0 Å². The van der Waals surface area contributed by atoms with E-state index in [2.05, 4.69) is 28.7 Å². The highest BCUT2D eigenvalue weighted by Gasteiger charge is 2.01. The molecule has 1 rings (SSSR count). The van der Waals surface area contributed by atoms with Crippen LogP contribution in [0, 0.1) is 11.9 Å². The van der Waals surface area contributed by atoms with Crippen LogP contribution in [0.2, 0.25) is 0 Å². The molecule has 1 aromatic carbocycles. The van der Waals surface area contributed by atoms with E-state index in [0.29, 0.717) is 15.7 Å². The van der Waals surface area contributed by atoms with E-state index in [0.717, 1.165) is 0 Å². The van der Waals surface area contributed by atoms with Gasteiger partial charge in [-0.1, -0.05) is 22.6 Å². The van der Waals surface area contributed by atoms with Crippen molar-refractivity contribution >= 4 is 22.6 Å². The maximum absolute atomic E-state index is 12.8. The molecule has 0 aromatic heterocycles. The van der Waals surface area contributed by atoms with Gasteiger partial charge in [-0.3, -0.25) is 0 Å². The molecule has 0 amide bonds. The molecule has 0 bridgehead atoms. The molecule has 0 atom stereocenters. The molecule has 1 aromatic rings.